The lowest BCUT2D eigenvalue weighted by Gasteiger charge is -2.42. The Morgan fingerprint density at radius 3 is 1.59 bits per heavy atom. The molecule has 2 heterocycles. The molecule has 0 bridgehead atoms. The predicted octanol–water partition coefficient (Wildman–Crippen LogP) is 14.5. The second-order valence-electron chi connectivity index (χ2n) is 14.6. The molecular formula is C51H38N2O. The zero-order chi connectivity index (χ0) is 36.2. The molecule has 0 unspecified atom stereocenters. The first-order chi connectivity index (χ1) is 26.5. The largest absolute Gasteiger partial charge is 0.455 e. The fraction of sp³-hybridized carbons (Fsp3) is 0.0588. The third-order valence-corrected chi connectivity index (χ3v) is 11.0. The Morgan fingerprint density at radius 2 is 0.944 bits per heavy atom. The van der Waals surface area contributed by atoms with Gasteiger partial charge in [0, 0.05) is 44.5 Å². The molecule has 0 spiro atoms. The molecule has 0 atom stereocenters. The first-order valence-corrected chi connectivity index (χ1v) is 18.6. The van der Waals surface area contributed by atoms with Crippen LogP contribution in [0.2, 0.25) is 0 Å². The number of hydrogen-bond donors (Lipinski definition) is 0. The molecule has 1 aliphatic rings. The maximum Gasteiger partial charge on any atom is 0.143 e. The minimum Gasteiger partial charge on any atom is -0.455 e. The van der Waals surface area contributed by atoms with Crippen molar-refractivity contribution >= 4 is 56.1 Å². The van der Waals surface area contributed by atoms with Gasteiger partial charge in [0.2, 0.25) is 0 Å². The molecule has 54 heavy (non-hydrogen) atoms. The van der Waals surface area contributed by atoms with Gasteiger partial charge >= 0.3 is 0 Å². The van der Waals surface area contributed by atoms with Gasteiger partial charge in [0.15, 0.2) is 0 Å². The van der Waals surface area contributed by atoms with Crippen molar-refractivity contribution in [1.29, 1.82) is 0 Å². The SMILES string of the molecule is CC1(C)c2ccccc2N(c2cc(-c3ccc(N(c4ccccc4)c4ccc(-c5ccccc5)cc4)cc3)c3oc4ccccc4c3c2)c2ccccc21. The molecule has 1 aliphatic heterocycles. The van der Waals surface area contributed by atoms with Crippen molar-refractivity contribution in [2.75, 3.05) is 9.80 Å². The summed E-state index contributed by atoms with van der Waals surface area (Å²) in [7, 11) is 0. The monoisotopic (exact) mass is 694 g/mol. The second-order valence-corrected chi connectivity index (χ2v) is 14.6. The summed E-state index contributed by atoms with van der Waals surface area (Å²) in [4.78, 5) is 4.75. The van der Waals surface area contributed by atoms with Crippen LogP contribution >= 0.6 is 0 Å². The van der Waals surface area contributed by atoms with Crippen molar-refractivity contribution in [3.05, 3.63) is 205 Å². The quantitative estimate of drug-likeness (QED) is 0.173. The van der Waals surface area contributed by atoms with E-state index in [4.69, 9.17) is 4.42 Å². The lowest BCUT2D eigenvalue weighted by Crippen LogP contribution is -2.30. The molecule has 0 N–H and O–H groups in total. The molecule has 0 saturated carbocycles. The van der Waals surface area contributed by atoms with Gasteiger partial charge in [-0.3, -0.25) is 0 Å². The van der Waals surface area contributed by atoms with Crippen molar-refractivity contribution in [2.45, 2.75) is 19.3 Å². The van der Waals surface area contributed by atoms with Crippen LogP contribution in [0.1, 0.15) is 25.0 Å². The standard InChI is InChI=1S/C51H38N2O/c1-51(2)45-20-10-12-22-47(45)53(48-23-13-11-21-46(48)51)41-33-43(50-44(34-41)42-19-9-14-24-49(42)54-50)37-27-31-40(32-28-37)52(38-17-7-4-8-18-38)39-29-25-36(26-30-39)35-15-5-3-6-16-35/h3-34H,1-2H3. The second kappa shape index (κ2) is 12.7. The summed E-state index contributed by atoms with van der Waals surface area (Å²) in [6.45, 7) is 4.66. The maximum atomic E-state index is 6.69. The summed E-state index contributed by atoms with van der Waals surface area (Å²) >= 11 is 0. The Morgan fingerprint density at radius 1 is 0.444 bits per heavy atom. The van der Waals surface area contributed by atoms with Gasteiger partial charge in [-0.05, 0) is 94.5 Å². The lowest BCUT2D eigenvalue weighted by atomic mass is 9.73. The summed E-state index contributed by atoms with van der Waals surface area (Å²) in [5, 5.41) is 2.21. The molecule has 0 aliphatic carbocycles. The van der Waals surface area contributed by atoms with Crippen LogP contribution in [0.5, 0.6) is 0 Å². The minimum atomic E-state index is -0.138. The number of benzene rings is 8. The van der Waals surface area contributed by atoms with Crippen molar-refractivity contribution in [2.24, 2.45) is 0 Å². The molecule has 0 radical (unpaired) electrons. The molecule has 258 valence electrons. The maximum absolute atomic E-state index is 6.69. The van der Waals surface area contributed by atoms with E-state index in [-0.39, 0.29) is 5.41 Å². The van der Waals surface area contributed by atoms with Crippen molar-refractivity contribution in [3.63, 3.8) is 0 Å². The van der Waals surface area contributed by atoms with Crippen LogP contribution < -0.4 is 9.80 Å². The topological polar surface area (TPSA) is 19.6 Å². The van der Waals surface area contributed by atoms with Crippen molar-refractivity contribution in [1.82, 2.24) is 0 Å². The summed E-state index contributed by atoms with van der Waals surface area (Å²) in [5.74, 6) is 0. The van der Waals surface area contributed by atoms with E-state index in [0.717, 1.165) is 55.8 Å². The molecule has 0 saturated heterocycles. The number of anilines is 6. The summed E-state index contributed by atoms with van der Waals surface area (Å²) in [6.07, 6.45) is 0. The summed E-state index contributed by atoms with van der Waals surface area (Å²) in [5.41, 5.74) is 15.6. The Balaban J connectivity index is 1.12. The molecule has 0 fully saturated rings. The molecule has 10 rings (SSSR count). The number of hydrogen-bond acceptors (Lipinski definition) is 3. The van der Waals surface area contributed by atoms with Crippen LogP contribution in [0.3, 0.4) is 0 Å². The van der Waals surface area contributed by atoms with E-state index in [1.807, 2.05) is 6.07 Å². The molecule has 8 aromatic carbocycles. The number of fused-ring (bicyclic) bond motifs is 5. The molecule has 9 aromatic rings. The average molecular weight is 695 g/mol. The van der Waals surface area contributed by atoms with E-state index < -0.39 is 0 Å². The average Bonchev–Trinajstić information content (AvgIpc) is 3.61. The Labute approximate surface area is 316 Å². The van der Waals surface area contributed by atoms with Gasteiger partial charge in [-0.25, -0.2) is 0 Å². The fourth-order valence-corrected chi connectivity index (χ4v) is 8.35. The lowest BCUT2D eigenvalue weighted by molar-refractivity contribution is 0.632. The number of nitrogens with zero attached hydrogens (tertiary/aromatic N) is 2. The number of rotatable bonds is 6. The zero-order valence-electron chi connectivity index (χ0n) is 30.3. The predicted molar refractivity (Wildman–Crippen MR) is 226 cm³/mol. The van der Waals surface area contributed by atoms with E-state index in [1.165, 1.54) is 33.6 Å². The van der Waals surface area contributed by atoms with E-state index >= 15 is 0 Å². The van der Waals surface area contributed by atoms with Crippen molar-refractivity contribution < 1.29 is 4.42 Å². The van der Waals surface area contributed by atoms with Gasteiger partial charge in [0.05, 0.1) is 11.4 Å². The van der Waals surface area contributed by atoms with Gasteiger partial charge < -0.3 is 14.2 Å². The van der Waals surface area contributed by atoms with Gasteiger partial charge in [0.1, 0.15) is 11.2 Å². The molecule has 3 nitrogen and oxygen atoms in total. The van der Waals surface area contributed by atoms with Gasteiger partial charge in [-0.1, -0.05) is 141 Å². The first-order valence-electron chi connectivity index (χ1n) is 18.6. The highest BCUT2D eigenvalue weighted by Gasteiger charge is 2.36. The van der Waals surface area contributed by atoms with Crippen LogP contribution in [-0.2, 0) is 5.41 Å². The summed E-state index contributed by atoms with van der Waals surface area (Å²) in [6, 6.07) is 69.5. The highest BCUT2D eigenvalue weighted by molar-refractivity contribution is 6.12. The first kappa shape index (κ1) is 31.9. The van der Waals surface area contributed by atoms with Crippen LogP contribution in [0, 0.1) is 0 Å². The van der Waals surface area contributed by atoms with Crippen LogP contribution in [0.15, 0.2) is 199 Å². The third-order valence-electron chi connectivity index (χ3n) is 11.0. The fourth-order valence-electron chi connectivity index (χ4n) is 8.35. The normalized spacial score (nSPS) is 13.1. The van der Waals surface area contributed by atoms with Gasteiger partial charge in [-0.2, -0.15) is 0 Å². The van der Waals surface area contributed by atoms with Crippen LogP contribution in [0.4, 0.5) is 34.1 Å². The number of para-hydroxylation sites is 4. The van der Waals surface area contributed by atoms with Gasteiger partial charge in [0.25, 0.3) is 0 Å². The molecule has 0 amide bonds. The van der Waals surface area contributed by atoms with Crippen LogP contribution in [-0.4, -0.2) is 0 Å². The molecule has 1 aromatic heterocycles. The summed E-state index contributed by atoms with van der Waals surface area (Å²) < 4.78 is 6.69. The van der Waals surface area contributed by atoms with Gasteiger partial charge in [-0.15, -0.1) is 0 Å². The third kappa shape index (κ3) is 5.20. The van der Waals surface area contributed by atoms with E-state index in [2.05, 4.69) is 212 Å². The van der Waals surface area contributed by atoms with E-state index in [9.17, 15) is 0 Å². The smallest absolute Gasteiger partial charge is 0.143 e. The number of furan rings is 1. The zero-order valence-corrected chi connectivity index (χ0v) is 30.3. The van der Waals surface area contributed by atoms with Crippen molar-refractivity contribution in [3.8, 4) is 22.3 Å². The molecular weight excluding hydrogens is 657 g/mol. The Bertz CT molecular complexity index is 2730. The molecule has 3 heteroatoms. The van der Waals surface area contributed by atoms with Crippen LogP contribution in [0.25, 0.3) is 44.2 Å². The Hall–Kier alpha value is -6.84. The van der Waals surface area contributed by atoms with E-state index in [0.29, 0.717) is 0 Å². The minimum absolute atomic E-state index is 0.138. The highest BCUT2D eigenvalue weighted by atomic mass is 16.3. The van der Waals surface area contributed by atoms with E-state index in [1.54, 1.807) is 0 Å². The highest BCUT2D eigenvalue weighted by Crippen LogP contribution is 2.53. The Kier molecular flexibility index (Phi) is 7.48.